The number of nitrogens with one attached hydrogen (secondary N) is 1. The van der Waals surface area contributed by atoms with Crippen LogP contribution >= 0.6 is 0 Å². The summed E-state index contributed by atoms with van der Waals surface area (Å²) in [5, 5.41) is 2.66. The molecule has 1 aliphatic carbocycles. The van der Waals surface area contributed by atoms with Gasteiger partial charge in [0.2, 0.25) is 6.79 Å². The molecule has 0 bridgehead atoms. The Hall–Kier alpha value is -3.70. The molecule has 1 aromatic carbocycles. The molecule has 2 aliphatic rings. The van der Waals surface area contributed by atoms with Crippen LogP contribution in [0.5, 0.6) is 11.5 Å². The minimum atomic E-state index is -1.11. The molecule has 1 saturated heterocycles. The zero-order valence-corrected chi connectivity index (χ0v) is 23.7. The summed E-state index contributed by atoms with van der Waals surface area (Å²) in [4.78, 5) is 41.9. The van der Waals surface area contributed by atoms with Gasteiger partial charge in [0.1, 0.15) is 6.10 Å². The average Bonchev–Trinajstić information content (AvgIpc) is 3.49. The van der Waals surface area contributed by atoms with Gasteiger partial charge in [-0.3, -0.25) is 9.59 Å². The number of ether oxygens (including phenoxy) is 6. The highest BCUT2D eigenvalue weighted by Crippen LogP contribution is 2.31. The number of aromatic nitrogens is 1. The molecule has 222 valence electrons. The van der Waals surface area contributed by atoms with E-state index in [9.17, 15) is 14.4 Å². The van der Waals surface area contributed by atoms with Crippen LogP contribution in [0, 0.1) is 5.92 Å². The standard InChI is InChI=1S/C30H38N2O9/c1-19-27(41-23-11-7-8-12-23)22(15-21-9-5-4-6-10-21)16-37-17-24(30(35)40-19)32-29(34)26-28(39-18-38-20(2)33)25(36-3)13-14-31-26/h4-6,9-10,13-14,19,22-24,27H,7-8,11-12,15-18H2,1-3H3,(H,32,34). The molecular formula is C30H38N2O9. The number of pyridine rings is 1. The molecule has 11 nitrogen and oxygen atoms in total. The zero-order valence-electron chi connectivity index (χ0n) is 23.7. The molecule has 1 aromatic heterocycles. The highest BCUT2D eigenvalue weighted by molar-refractivity contribution is 5.98. The lowest BCUT2D eigenvalue weighted by molar-refractivity contribution is -0.164. The van der Waals surface area contributed by atoms with Gasteiger partial charge in [0.15, 0.2) is 23.2 Å². The Kier molecular flexibility index (Phi) is 10.9. The van der Waals surface area contributed by atoms with E-state index in [1.165, 1.54) is 26.3 Å². The van der Waals surface area contributed by atoms with Gasteiger partial charge in [0.25, 0.3) is 5.91 Å². The number of amides is 1. The van der Waals surface area contributed by atoms with Crippen LogP contribution in [0.1, 0.15) is 55.6 Å². The molecule has 0 spiro atoms. The van der Waals surface area contributed by atoms with E-state index in [0.717, 1.165) is 31.2 Å². The second-order valence-corrected chi connectivity index (χ2v) is 10.3. The van der Waals surface area contributed by atoms with Crippen LogP contribution in [0.3, 0.4) is 0 Å². The summed E-state index contributed by atoms with van der Waals surface area (Å²) >= 11 is 0. The first-order valence-electron chi connectivity index (χ1n) is 13.9. The molecule has 2 heterocycles. The third kappa shape index (κ3) is 8.40. The summed E-state index contributed by atoms with van der Waals surface area (Å²) in [5.41, 5.74) is 0.982. The minimum Gasteiger partial charge on any atom is -0.493 e. The van der Waals surface area contributed by atoms with Gasteiger partial charge in [-0.25, -0.2) is 9.78 Å². The molecule has 4 unspecified atom stereocenters. The normalized spacial score (nSPS) is 23.4. The fourth-order valence-corrected chi connectivity index (χ4v) is 5.17. The van der Waals surface area contributed by atoms with Crippen LogP contribution in [0.2, 0.25) is 0 Å². The predicted molar refractivity (Wildman–Crippen MR) is 146 cm³/mol. The first-order valence-corrected chi connectivity index (χ1v) is 13.9. The van der Waals surface area contributed by atoms with Crippen molar-refractivity contribution in [3.8, 4) is 11.5 Å². The quantitative estimate of drug-likeness (QED) is 0.335. The number of cyclic esters (lactones) is 1. The van der Waals surface area contributed by atoms with Crippen molar-refractivity contribution in [2.75, 3.05) is 27.1 Å². The van der Waals surface area contributed by atoms with Crippen molar-refractivity contribution < 1.29 is 42.8 Å². The Balaban J connectivity index is 1.51. The fourth-order valence-electron chi connectivity index (χ4n) is 5.17. The summed E-state index contributed by atoms with van der Waals surface area (Å²) in [6.07, 6.45) is 5.40. The Morgan fingerprint density at radius 2 is 1.85 bits per heavy atom. The topological polar surface area (TPSA) is 132 Å². The molecule has 1 N–H and O–H groups in total. The van der Waals surface area contributed by atoms with Crippen LogP contribution < -0.4 is 14.8 Å². The number of hydrogen-bond donors (Lipinski definition) is 1. The SMILES string of the molecule is COc1ccnc(C(=O)NC2COCC(Cc3ccccc3)C(OC3CCCC3)C(C)OC2=O)c1OCOC(C)=O. The van der Waals surface area contributed by atoms with Crippen molar-refractivity contribution in [3.63, 3.8) is 0 Å². The molecular weight excluding hydrogens is 532 g/mol. The highest BCUT2D eigenvalue weighted by Gasteiger charge is 2.37. The van der Waals surface area contributed by atoms with Crippen LogP contribution in [-0.2, 0) is 35.0 Å². The first-order chi connectivity index (χ1) is 19.9. The van der Waals surface area contributed by atoms with Crippen LogP contribution in [0.25, 0.3) is 0 Å². The zero-order chi connectivity index (χ0) is 29.2. The van der Waals surface area contributed by atoms with Gasteiger partial charge in [0.05, 0.1) is 32.5 Å². The van der Waals surface area contributed by atoms with Crippen molar-refractivity contribution in [2.24, 2.45) is 5.92 Å². The largest absolute Gasteiger partial charge is 0.493 e. The van der Waals surface area contributed by atoms with Gasteiger partial charge < -0.3 is 33.7 Å². The highest BCUT2D eigenvalue weighted by atomic mass is 16.7. The van der Waals surface area contributed by atoms with E-state index >= 15 is 0 Å². The number of benzene rings is 1. The monoisotopic (exact) mass is 570 g/mol. The summed E-state index contributed by atoms with van der Waals surface area (Å²) < 4.78 is 34.1. The summed E-state index contributed by atoms with van der Waals surface area (Å²) in [6, 6.07) is 10.5. The lowest BCUT2D eigenvalue weighted by atomic mass is 9.91. The second-order valence-electron chi connectivity index (χ2n) is 10.3. The van der Waals surface area contributed by atoms with Crippen LogP contribution in [0.15, 0.2) is 42.6 Å². The van der Waals surface area contributed by atoms with E-state index in [1.807, 2.05) is 25.1 Å². The van der Waals surface area contributed by atoms with E-state index in [0.29, 0.717) is 13.0 Å². The molecule has 4 rings (SSSR count). The molecule has 41 heavy (non-hydrogen) atoms. The molecule has 4 atom stereocenters. The smallest absolute Gasteiger partial charge is 0.331 e. The van der Waals surface area contributed by atoms with Crippen molar-refractivity contribution in [1.82, 2.24) is 10.3 Å². The van der Waals surface area contributed by atoms with Gasteiger partial charge in [-0.05, 0) is 31.7 Å². The molecule has 11 heteroatoms. The molecule has 1 saturated carbocycles. The average molecular weight is 571 g/mol. The number of rotatable bonds is 10. The Bertz CT molecular complexity index is 1170. The summed E-state index contributed by atoms with van der Waals surface area (Å²) in [6.45, 7) is 2.81. The molecule has 1 amide bonds. The van der Waals surface area contributed by atoms with Gasteiger partial charge >= 0.3 is 11.9 Å². The van der Waals surface area contributed by atoms with E-state index in [1.54, 1.807) is 0 Å². The second kappa shape index (κ2) is 14.8. The van der Waals surface area contributed by atoms with Gasteiger partial charge in [-0.2, -0.15) is 0 Å². The number of carbonyl (C=O) groups is 3. The lowest BCUT2D eigenvalue weighted by Gasteiger charge is -2.33. The number of carbonyl (C=O) groups excluding carboxylic acids is 3. The van der Waals surface area contributed by atoms with Gasteiger partial charge in [-0.15, -0.1) is 0 Å². The third-order valence-electron chi connectivity index (χ3n) is 7.20. The first kappa shape index (κ1) is 30.3. The maximum Gasteiger partial charge on any atom is 0.331 e. The Morgan fingerprint density at radius 3 is 2.56 bits per heavy atom. The maximum atomic E-state index is 13.3. The van der Waals surface area contributed by atoms with E-state index in [4.69, 9.17) is 28.4 Å². The molecule has 2 aromatic rings. The van der Waals surface area contributed by atoms with Crippen LogP contribution in [-0.4, -0.2) is 74.3 Å². The number of methoxy groups -OCH3 is 1. The Labute approximate surface area is 239 Å². The van der Waals surface area contributed by atoms with Crippen molar-refractivity contribution in [2.45, 2.75) is 70.3 Å². The van der Waals surface area contributed by atoms with Crippen molar-refractivity contribution >= 4 is 17.8 Å². The van der Waals surface area contributed by atoms with Gasteiger partial charge in [-0.1, -0.05) is 43.2 Å². The van der Waals surface area contributed by atoms with Crippen molar-refractivity contribution in [1.29, 1.82) is 0 Å². The van der Waals surface area contributed by atoms with E-state index < -0.39 is 36.8 Å². The Morgan fingerprint density at radius 1 is 1.10 bits per heavy atom. The number of nitrogens with zero attached hydrogens (tertiary/aromatic N) is 1. The summed E-state index contributed by atoms with van der Waals surface area (Å²) in [5.74, 6) is -1.81. The number of hydrogen-bond acceptors (Lipinski definition) is 10. The molecule has 2 fully saturated rings. The number of esters is 2. The van der Waals surface area contributed by atoms with Crippen molar-refractivity contribution in [3.05, 3.63) is 53.9 Å². The maximum absolute atomic E-state index is 13.3. The minimum absolute atomic E-state index is 0.0348. The fraction of sp³-hybridized carbons (Fsp3) is 0.533. The predicted octanol–water partition coefficient (Wildman–Crippen LogP) is 3.24. The van der Waals surface area contributed by atoms with E-state index in [-0.39, 0.29) is 41.9 Å². The molecule has 1 aliphatic heterocycles. The van der Waals surface area contributed by atoms with Crippen LogP contribution in [0.4, 0.5) is 0 Å². The summed E-state index contributed by atoms with van der Waals surface area (Å²) in [7, 11) is 1.40. The van der Waals surface area contributed by atoms with Gasteiger partial charge in [0, 0.05) is 25.1 Å². The lowest BCUT2D eigenvalue weighted by Crippen LogP contribution is -2.47. The third-order valence-corrected chi connectivity index (χ3v) is 7.20. The van der Waals surface area contributed by atoms with E-state index in [2.05, 4.69) is 22.4 Å². The molecule has 0 radical (unpaired) electrons.